The highest BCUT2D eigenvalue weighted by atomic mass is 16.5. The zero-order chi connectivity index (χ0) is 16.2. The first-order valence-electron chi connectivity index (χ1n) is 7.95. The van der Waals surface area contributed by atoms with Gasteiger partial charge in [0.2, 0.25) is 0 Å². The van der Waals surface area contributed by atoms with Crippen molar-refractivity contribution in [1.82, 2.24) is 5.32 Å². The van der Waals surface area contributed by atoms with E-state index in [0.29, 0.717) is 19.1 Å². The minimum absolute atomic E-state index is 0.489. The van der Waals surface area contributed by atoms with Crippen LogP contribution < -0.4 is 15.8 Å². The van der Waals surface area contributed by atoms with E-state index < -0.39 is 0 Å². The Morgan fingerprint density at radius 2 is 1.91 bits per heavy atom. The van der Waals surface area contributed by atoms with Gasteiger partial charge in [-0.25, -0.2) is 0 Å². The molecule has 0 aliphatic carbocycles. The summed E-state index contributed by atoms with van der Waals surface area (Å²) in [5, 5.41) is 3.08. The monoisotopic (exact) mass is 307 g/mol. The van der Waals surface area contributed by atoms with E-state index in [1.54, 1.807) is 0 Å². The van der Waals surface area contributed by atoms with Gasteiger partial charge in [-0.15, -0.1) is 0 Å². The van der Waals surface area contributed by atoms with Crippen molar-refractivity contribution in [3.63, 3.8) is 0 Å². The SMILES string of the molecule is CCOCCCNC(N)=NCCCOc1c(C)cccc1C. The maximum absolute atomic E-state index is 5.83. The fraction of sp³-hybridized carbons (Fsp3) is 0.588. The molecule has 0 aliphatic heterocycles. The number of hydrogen-bond donors (Lipinski definition) is 2. The molecule has 0 atom stereocenters. The molecule has 0 fully saturated rings. The Balaban J connectivity index is 2.15. The highest BCUT2D eigenvalue weighted by Gasteiger charge is 2.02. The van der Waals surface area contributed by atoms with Crippen LogP contribution in [0.3, 0.4) is 0 Å². The van der Waals surface area contributed by atoms with Crippen LogP contribution in [-0.2, 0) is 4.74 Å². The lowest BCUT2D eigenvalue weighted by Crippen LogP contribution is -2.33. The van der Waals surface area contributed by atoms with Gasteiger partial charge >= 0.3 is 0 Å². The molecular formula is C17H29N3O2. The summed E-state index contributed by atoms with van der Waals surface area (Å²) >= 11 is 0. The van der Waals surface area contributed by atoms with E-state index in [0.717, 1.165) is 38.3 Å². The van der Waals surface area contributed by atoms with Crippen LogP contribution in [0.5, 0.6) is 5.75 Å². The van der Waals surface area contributed by atoms with Crippen LogP contribution in [0.2, 0.25) is 0 Å². The smallest absolute Gasteiger partial charge is 0.188 e. The van der Waals surface area contributed by atoms with E-state index in [1.165, 1.54) is 11.1 Å². The highest BCUT2D eigenvalue weighted by molar-refractivity contribution is 5.77. The summed E-state index contributed by atoms with van der Waals surface area (Å²) in [5.74, 6) is 1.47. The summed E-state index contributed by atoms with van der Waals surface area (Å²) in [6.07, 6.45) is 1.77. The molecule has 1 rings (SSSR count). The molecule has 5 heteroatoms. The van der Waals surface area contributed by atoms with Gasteiger partial charge in [0.05, 0.1) is 6.61 Å². The zero-order valence-corrected chi connectivity index (χ0v) is 14.0. The third-order valence-electron chi connectivity index (χ3n) is 3.22. The molecule has 0 amide bonds. The van der Waals surface area contributed by atoms with E-state index in [1.807, 2.05) is 13.0 Å². The van der Waals surface area contributed by atoms with Gasteiger partial charge in [-0.3, -0.25) is 4.99 Å². The van der Waals surface area contributed by atoms with Crippen molar-refractivity contribution in [3.05, 3.63) is 29.3 Å². The largest absolute Gasteiger partial charge is 0.493 e. The number of hydrogen-bond acceptors (Lipinski definition) is 3. The maximum atomic E-state index is 5.83. The van der Waals surface area contributed by atoms with Gasteiger partial charge in [-0.1, -0.05) is 18.2 Å². The maximum Gasteiger partial charge on any atom is 0.188 e. The average Bonchev–Trinajstić information content (AvgIpc) is 2.49. The molecule has 1 aromatic rings. The molecule has 5 nitrogen and oxygen atoms in total. The van der Waals surface area contributed by atoms with Gasteiger partial charge in [0.1, 0.15) is 5.75 Å². The Bertz CT molecular complexity index is 441. The predicted octanol–water partition coefficient (Wildman–Crippen LogP) is 2.40. The standard InChI is InChI=1S/C17H29N3O2/c1-4-21-12-6-10-19-17(18)20-11-7-13-22-16-14(2)8-5-9-15(16)3/h5,8-9H,4,6-7,10-13H2,1-3H3,(H3,18,19,20). The summed E-state index contributed by atoms with van der Waals surface area (Å²) in [7, 11) is 0. The van der Waals surface area contributed by atoms with Gasteiger partial charge < -0.3 is 20.5 Å². The third kappa shape index (κ3) is 7.31. The molecule has 124 valence electrons. The lowest BCUT2D eigenvalue weighted by Gasteiger charge is -2.11. The van der Waals surface area contributed by atoms with Crippen LogP contribution in [0.25, 0.3) is 0 Å². The number of aryl methyl sites for hydroxylation is 2. The highest BCUT2D eigenvalue weighted by Crippen LogP contribution is 2.22. The van der Waals surface area contributed by atoms with Gasteiger partial charge in [0.15, 0.2) is 5.96 Å². The molecule has 0 aromatic heterocycles. The molecule has 0 heterocycles. The first kappa shape index (κ1) is 18.3. The van der Waals surface area contributed by atoms with Crippen molar-refractivity contribution in [2.24, 2.45) is 10.7 Å². The number of nitrogens with two attached hydrogens (primary N) is 1. The first-order chi connectivity index (χ1) is 10.6. The fourth-order valence-electron chi connectivity index (χ4n) is 2.06. The molecule has 0 bridgehead atoms. The molecule has 0 spiro atoms. The minimum Gasteiger partial charge on any atom is -0.493 e. The first-order valence-corrected chi connectivity index (χ1v) is 7.95. The molecule has 0 radical (unpaired) electrons. The average molecular weight is 307 g/mol. The van der Waals surface area contributed by atoms with Crippen LogP contribution in [0, 0.1) is 13.8 Å². The van der Waals surface area contributed by atoms with E-state index in [4.69, 9.17) is 15.2 Å². The Morgan fingerprint density at radius 3 is 2.59 bits per heavy atom. The molecule has 0 unspecified atom stereocenters. The number of benzene rings is 1. The Labute approximate surface area is 133 Å². The van der Waals surface area contributed by atoms with E-state index in [-0.39, 0.29) is 0 Å². The molecule has 0 aliphatic rings. The van der Waals surface area contributed by atoms with Crippen molar-refractivity contribution in [1.29, 1.82) is 0 Å². The number of ether oxygens (including phenoxy) is 2. The normalized spacial score (nSPS) is 11.5. The molecular weight excluding hydrogens is 278 g/mol. The quantitative estimate of drug-likeness (QED) is 0.396. The predicted molar refractivity (Wildman–Crippen MR) is 91.6 cm³/mol. The zero-order valence-electron chi connectivity index (χ0n) is 14.0. The fourth-order valence-corrected chi connectivity index (χ4v) is 2.06. The number of rotatable bonds is 10. The summed E-state index contributed by atoms with van der Waals surface area (Å²) in [6, 6.07) is 6.16. The van der Waals surface area contributed by atoms with Crippen molar-refractivity contribution < 1.29 is 9.47 Å². The third-order valence-corrected chi connectivity index (χ3v) is 3.22. The molecule has 1 aromatic carbocycles. The second kappa shape index (κ2) is 10.9. The van der Waals surface area contributed by atoms with Crippen LogP contribution >= 0.6 is 0 Å². The van der Waals surface area contributed by atoms with Crippen LogP contribution in [-0.4, -0.2) is 38.9 Å². The van der Waals surface area contributed by atoms with Gasteiger partial charge in [-0.2, -0.15) is 0 Å². The topological polar surface area (TPSA) is 68.9 Å². The van der Waals surface area contributed by atoms with Crippen molar-refractivity contribution in [2.45, 2.75) is 33.6 Å². The summed E-state index contributed by atoms with van der Waals surface area (Å²) in [5.41, 5.74) is 8.12. The van der Waals surface area contributed by atoms with Crippen LogP contribution in [0.15, 0.2) is 23.2 Å². The van der Waals surface area contributed by atoms with E-state index >= 15 is 0 Å². The lowest BCUT2D eigenvalue weighted by molar-refractivity contribution is 0.145. The van der Waals surface area contributed by atoms with E-state index in [2.05, 4.69) is 36.3 Å². The van der Waals surface area contributed by atoms with Gasteiger partial charge in [0, 0.05) is 32.7 Å². The summed E-state index contributed by atoms with van der Waals surface area (Å²) < 4.78 is 11.1. The number of guanidine groups is 1. The minimum atomic E-state index is 0.489. The summed E-state index contributed by atoms with van der Waals surface area (Å²) in [4.78, 5) is 4.28. The van der Waals surface area contributed by atoms with E-state index in [9.17, 15) is 0 Å². The number of para-hydroxylation sites is 1. The Hall–Kier alpha value is -1.75. The lowest BCUT2D eigenvalue weighted by atomic mass is 10.1. The second-order valence-corrected chi connectivity index (χ2v) is 5.17. The van der Waals surface area contributed by atoms with Crippen LogP contribution in [0.1, 0.15) is 30.9 Å². The molecule has 22 heavy (non-hydrogen) atoms. The number of nitrogens with one attached hydrogen (secondary N) is 1. The Morgan fingerprint density at radius 1 is 1.18 bits per heavy atom. The number of nitrogens with zero attached hydrogens (tertiary/aromatic N) is 1. The van der Waals surface area contributed by atoms with Crippen molar-refractivity contribution >= 4 is 5.96 Å². The molecule has 3 N–H and O–H groups in total. The van der Waals surface area contributed by atoms with Crippen LogP contribution in [0.4, 0.5) is 0 Å². The van der Waals surface area contributed by atoms with Crippen molar-refractivity contribution in [3.8, 4) is 5.75 Å². The second-order valence-electron chi connectivity index (χ2n) is 5.17. The molecule has 0 saturated heterocycles. The summed E-state index contributed by atoms with van der Waals surface area (Å²) in [6.45, 7) is 9.71. The Kier molecular flexibility index (Phi) is 9.07. The van der Waals surface area contributed by atoms with Crippen molar-refractivity contribution in [2.75, 3.05) is 32.9 Å². The number of aliphatic imine (C=N–C) groups is 1. The molecule has 0 saturated carbocycles. The van der Waals surface area contributed by atoms with Gasteiger partial charge in [-0.05, 0) is 38.3 Å². The van der Waals surface area contributed by atoms with Gasteiger partial charge in [0.25, 0.3) is 0 Å².